The van der Waals surface area contributed by atoms with Crippen LogP contribution >= 0.6 is 0 Å². The molecule has 0 aromatic rings. The normalized spacial score (nSPS) is 15.4. The Kier molecular flexibility index (Phi) is 7.44. The number of hydrogen-bond acceptors (Lipinski definition) is 3. The number of carbonyl (C=O) groups is 1. The van der Waals surface area contributed by atoms with Gasteiger partial charge in [-0.05, 0) is 41.0 Å². The van der Waals surface area contributed by atoms with E-state index in [4.69, 9.17) is 4.74 Å². The van der Waals surface area contributed by atoms with Crippen LogP contribution in [0.25, 0.3) is 0 Å². The minimum absolute atomic E-state index is 0.167. The maximum absolute atomic E-state index is 11.7. The van der Waals surface area contributed by atoms with Gasteiger partial charge in [0.2, 0.25) is 0 Å². The molecule has 0 spiro atoms. The summed E-state index contributed by atoms with van der Waals surface area (Å²) in [5, 5.41) is 3.29. The molecule has 0 radical (unpaired) electrons. The number of rotatable bonds is 7. The Labute approximate surface area is 106 Å². The third kappa shape index (κ3) is 9.16. The molecule has 17 heavy (non-hydrogen) atoms. The van der Waals surface area contributed by atoms with Gasteiger partial charge in [0.1, 0.15) is 11.6 Å². The summed E-state index contributed by atoms with van der Waals surface area (Å²) in [5.41, 5.74) is -0.404. The van der Waals surface area contributed by atoms with Gasteiger partial charge < -0.3 is 10.1 Å². The lowest BCUT2D eigenvalue weighted by Crippen LogP contribution is -2.43. The second-order valence-electron chi connectivity index (χ2n) is 5.82. The van der Waals surface area contributed by atoms with E-state index in [-0.39, 0.29) is 12.0 Å². The lowest BCUT2D eigenvalue weighted by molar-refractivity contribution is -0.157. The highest BCUT2D eigenvalue weighted by Gasteiger charge is 2.22. The fraction of sp³-hybridized carbons (Fsp3) is 0.929. The second-order valence-corrected chi connectivity index (χ2v) is 5.82. The zero-order chi connectivity index (χ0) is 13.5. The monoisotopic (exact) mass is 243 g/mol. The molecule has 0 bridgehead atoms. The molecule has 3 heteroatoms. The molecule has 0 amide bonds. The van der Waals surface area contributed by atoms with E-state index < -0.39 is 5.60 Å². The van der Waals surface area contributed by atoms with Crippen LogP contribution in [0, 0.1) is 0 Å². The average Bonchev–Trinajstić information content (AvgIpc) is 2.15. The molecule has 1 N–H and O–H groups in total. The zero-order valence-corrected chi connectivity index (χ0v) is 12.3. The van der Waals surface area contributed by atoms with Crippen LogP contribution in [0.15, 0.2) is 0 Å². The molecule has 2 atom stereocenters. The van der Waals surface area contributed by atoms with Crippen molar-refractivity contribution in [2.24, 2.45) is 0 Å². The Balaban J connectivity index is 3.90. The van der Waals surface area contributed by atoms with E-state index in [2.05, 4.69) is 19.2 Å². The minimum Gasteiger partial charge on any atom is -0.459 e. The molecule has 0 aliphatic carbocycles. The molecule has 0 saturated heterocycles. The molecule has 102 valence electrons. The first-order valence-corrected chi connectivity index (χ1v) is 6.75. The molecule has 0 rings (SSSR count). The number of nitrogens with one attached hydrogen (secondary N) is 1. The Morgan fingerprint density at radius 2 is 1.82 bits per heavy atom. The summed E-state index contributed by atoms with van der Waals surface area (Å²) in [7, 11) is 0. The average molecular weight is 243 g/mol. The van der Waals surface area contributed by atoms with Crippen molar-refractivity contribution in [1.82, 2.24) is 5.32 Å². The first-order valence-electron chi connectivity index (χ1n) is 6.75. The first-order chi connectivity index (χ1) is 7.76. The standard InChI is InChI=1S/C14H29NO2/c1-7-8-9-10-11(2)15-12(3)13(16)17-14(4,5)6/h11-12,15H,7-10H2,1-6H3. The Morgan fingerprint density at radius 1 is 1.24 bits per heavy atom. The Bertz CT molecular complexity index is 221. The Hall–Kier alpha value is -0.570. The summed E-state index contributed by atoms with van der Waals surface area (Å²) in [4.78, 5) is 11.7. The van der Waals surface area contributed by atoms with Crippen molar-refractivity contribution in [3.8, 4) is 0 Å². The third-order valence-corrected chi connectivity index (χ3v) is 2.54. The lowest BCUT2D eigenvalue weighted by Gasteiger charge is -2.24. The summed E-state index contributed by atoms with van der Waals surface area (Å²) >= 11 is 0. The summed E-state index contributed by atoms with van der Waals surface area (Å²) in [6, 6.07) is 0.134. The van der Waals surface area contributed by atoms with Gasteiger partial charge in [-0.15, -0.1) is 0 Å². The smallest absolute Gasteiger partial charge is 0.323 e. The predicted molar refractivity (Wildman–Crippen MR) is 72.0 cm³/mol. The van der Waals surface area contributed by atoms with Crippen molar-refractivity contribution in [3.63, 3.8) is 0 Å². The zero-order valence-electron chi connectivity index (χ0n) is 12.3. The molecular formula is C14H29NO2. The molecule has 0 aliphatic heterocycles. The number of unbranched alkanes of at least 4 members (excludes halogenated alkanes) is 2. The highest BCUT2D eigenvalue weighted by molar-refractivity contribution is 5.75. The highest BCUT2D eigenvalue weighted by Crippen LogP contribution is 2.09. The van der Waals surface area contributed by atoms with Gasteiger partial charge in [-0.2, -0.15) is 0 Å². The van der Waals surface area contributed by atoms with Crippen molar-refractivity contribution < 1.29 is 9.53 Å². The van der Waals surface area contributed by atoms with Gasteiger partial charge in [-0.25, -0.2) is 0 Å². The number of ether oxygens (including phenoxy) is 1. The van der Waals surface area contributed by atoms with Crippen LogP contribution in [0.2, 0.25) is 0 Å². The van der Waals surface area contributed by atoms with E-state index in [0.717, 1.165) is 6.42 Å². The van der Waals surface area contributed by atoms with Gasteiger partial charge in [0.05, 0.1) is 0 Å². The van der Waals surface area contributed by atoms with E-state index in [1.54, 1.807) is 0 Å². The lowest BCUT2D eigenvalue weighted by atomic mass is 10.1. The molecule has 0 heterocycles. The highest BCUT2D eigenvalue weighted by atomic mass is 16.6. The maximum atomic E-state index is 11.7. The van der Waals surface area contributed by atoms with Crippen LogP contribution in [-0.2, 0) is 9.53 Å². The number of esters is 1. The molecule has 2 unspecified atom stereocenters. The van der Waals surface area contributed by atoms with Crippen LogP contribution in [0.5, 0.6) is 0 Å². The quantitative estimate of drug-likeness (QED) is 0.551. The minimum atomic E-state index is -0.404. The van der Waals surface area contributed by atoms with Crippen molar-refractivity contribution in [2.45, 2.75) is 84.9 Å². The van der Waals surface area contributed by atoms with Gasteiger partial charge in [0.25, 0.3) is 0 Å². The molecule has 0 fully saturated rings. The summed E-state index contributed by atoms with van der Waals surface area (Å²) in [5.74, 6) is -0.167. The predicted octanol–water partition coefficient (Wildman–Crippen LogP) is 3.28. The van der Waals surface area contributed by atoms with E-state index in [0.29, 0.717) is 6.04 Å². The van der Waals surface area contributed by atoms with Crippen molar-refractivity contribution in [1.29, 1.82) is 0 Å². The van der Waals surface area contributed by atoms with Gasteiger partial charge >= 0.3 is 5.97 Å². The molecule has 0 saturated carbocycles. The van der Waals surface area contributed by atoms with Crippen LogP contribution in [0.3, 0.4) is 0 Å². The van der Waals surface area contributed by atoms with Crippen LogP contribution in [0.4, 0.5) is 0 Å². The van der Waals surface area contributed by atoms with Crippen molar-refractivity contribution >= 4 is 5.97 Å². The summed E-state index contributed by atoms with van der Waals surface area (Å²) < 4.78 is 5.32. The largest absolute Gasteiger partial charge is 0.459 e. The van der Waals surface area contributed by atoms with Gasteiger partial charge in [-0.1, -0.05) is 26.2 Å². The van der Waals surface area contributed by atoms with Crippen molar-refractivity contribution in [3.05, 3.63) is 0 Å². The maximum Gasteiger partial charge on any atom is 0.323 e. The van der Waals surface area contributed by atoms with E-state index in [1.807, 2.05) is 27.7 Å². The summed E-state index contributed by atoms with van der Waals surface area (Å²) in [6.45, 7) is 11.9. The van der Waals surface area contributed by atoms with Gasteiger partial charge in [0.15, 0.2) is 0 Å². The molecule has 0 aromatic carbocycles. The van der Waals surface area contributed by atoms with E-state index >= 15 is 0 Å². The summed E-state index contributed by atoms with van der Waals surface area (Å²) in [6.07, 6.45) is 4.81. The van der Waals surface area contributed by atoms with Crippen LogP contribution < -0.4 is 5.32 Å². The van der Waals surface area contributed by atoms with Crippen molar-refractivity contribution in [2.75, 3.05) is 0 Å². The Morgan fingerprint density at radius 3 is 2.29 bits per heavy atom. The van der Waals surface area contributed by atoms with Crippen LogP contribution in [0.1, 0.15) is 67.2 Å². The fourth-order valence-electron chi connectivity index (χ4n) is 1.67. The van der Waals surface area contributed by atoms with Crippen LogP contribution in [-0.4, -0.2) is 23.7 Å². The number of carbonyl (C=O) groups excluding carboxylic acids is 1. The number of hydrogen-bond donors (Lipinski definition) is 1. The second kappa shape index (κ2) is 7.70. The van der Waals surface area contributed by atoms with Gasteiger partial charge in [0, 0.05) is 6.04 Å². The molecular weight excluding hydrogens is 214 g/mol. The van der Waals surface area contributed by atoms with E-state index in [9.17, 15) is 4.79 Å². The van der Waals surface area contributed by atoms with E-state index in [1.165, 1.54) is 19.3 Å². The fourth-order valence-corrected chi connectivity index (χ4v) is 1.67. The molecule has 0 aliphatic rings. The topological polar surface area (TPSA) is 38.3 Å². The third-order valence-electron chi connectivity index (χ3n) is 2.54. The first kappa shape index (κ1) is 16.4. The molecule has 0 aromatic heterocycles. The SMILES string of the molecule is CCCCCC(C)NC(C)C(=O)OC(C)(C)C. The van der Waals surface area contributed by atoms with Gasteiger partial charge in [-0.3, -0.25) is 4.79 Å². The molecule has 3 nitrogen and oxygen atoms in total.